The van der Waals surface area contributed by atoms with Gasteiger partial charge in [-0.2, -0.15) is 5.10 Å². The van der Waals surface area contributed by atoms with Crippen molar-refractivity contribution in [2.45, 2.75) is 25.4 Å². The fourth-order valence-corrected chi connectivity index (χ4v) is 2.79. The molecule has 5 nitrogen and oxygen atoms in total. The molecule has 1 aliphatic rings. The Morgan fingerprint density at radius 1 is 1.56 bits per heavy atom. The van der Waals surface area contributed by atoms with Crippen LogP contribution in [-0.4, -0.2) is 59.4 Å². The van der Waals surface area contributed by atoms with E-state index in [-0.39, 0.29) is 0 Å². The molecule has 102 valence electrons. The van der Waals surface area contributed by atoms with Gasteiger partial charge in [-0.3, -0.25) is 9.58 Å². The summed E-state index contributed by atoms with van der Waals surface area (Å²) in [7, 11) is 6.29. The van der Waals surface area contributed by atoms with Gasteiger partial charge >= 0.3 is 0 Å². The lowest BCUT2D eigenvalue weighted by atomic mass is 10.1. The fourth-order valence-electron chi connectivity index (χ4n) is 2.79. The molecule has 1 aromatic rings. The molecule has 5 heteroatoms. The van der Waals surface area contributed by atoms with Gasteiger partial charge in [0.1, 0.15) is 0 Å². The van der Waals surface area contributed by atoms with Crippen molar-refractivity contribution in [2.24, 2.45) is 12.8 Å². The number of aryl methyl sites for hydroxylation is 1. The van der Waals surface area contributed by atoms with E-state index in [1.165, 1.54) is 17.7 Å². The molecule has 2 unspecified atom stereocenters. The van der Waals surface area contributed by atoms with Crippen LogP contribution in [-0.2, 0) is 7.05 Å². The zero-order valence-electron chi connectivity index (χ0n) is 11.9. The van der Waals surface area contributed by atoms with Crippen LogP contribution in [0.15, 0.2) is 6.20 Å². The Bertz CT molecular complexity index is 398. The summed E-state index contributed by atoms with van der Waals surface area (Å²) in [5, 5.41) is 4.33. The number of likely N-dealkylation sites (N-methyl/N-ethyl adjacent to an activating group) is 1. The normalized spacial score (nSPS) is 22.9. The lowest BCUT2D eigenvalue weighted by Gasteiger charge is -2.27. The number of hydrogen-bond donors (Lipinski definition) is 1. The molecular weight excluding hydrogens is 226 g/mol. The first-order valence-electron chi connectivity index (χ1n) is 6.63. The Kier molecular flexibility index (Phi) is 4.04. The largest absolute Gasteiger partial charge is 0.329 e. The molecule has 2 N–H and O–H groups in total. The number of likely N-dealkylation sites (tertiary alicyclic amines) is 1. The van der Waals surface area contributed by atoms with Crippen LogP contribution in [0, 0.1) is 6.92 Å². The zero-order valence-corrected chi connectivity index (χ0v) is 11.9. The summed E-state index contributed by atoms with van der Waals surface area (Å²) in [6.07, 6.45) is 3.19. The highest BCUT2D eigenvalue weighted by Crippen LogP contribution is 2.27. The Labute approximate surface area is 110 Å². The van der Waals surface area contributed by atoms with Crippen LogP contribution >= 0.6 is 0 Å². The average molecular weight is 251 g/mol. The minimum atomic E-state index is 0.309. The second-order valence-corrected chi connectivity index (χ2v) is 5.46. The first kappa shape index (κ1) is 13.5. The highest BCUT2D eigenvalue weighted by molar-refractivity contribution is 5.21. The van der Waals surface area contributed by atoms with Crippen LogP contribution in [0.5, 0.6) is 0 Å². The van der Waals surface area contributed by atoms with Crippen molar-refractivity contribution in [2.75, 3.05) is 33.7 Å². The predicted molar refractivity (Wildman–Crippen MR) is 73.4 cm³/mol. The molecule has 2 atom stereocenters. The quantitative estimate of drug-likeness (QED) is 0.840. The minimum absolute atomic E-state index is 0.309. The van der Waals surface area contributed by atoms with E-state index in [9.17, 15) is 0 Å². The summed E-state index contributed by atoms with van der Waals surface area (Å²) in [5.74, 6) is 0. The van der Waals surface area contributed by atoms with Crippen molar-refractivity contribution in [1.29, 1.82) is 0 Å². The molecule has 0 bridgehead atoms. The number of nitrogens with two attached hydrogens (primary N) is 1. The molecule has 0 amide bonds. The van der Waals surface area contributed by atoms with Crippen LogP contribution in [0.2, 0.25) is 0 Å². The summed E-state index contributed by atoms with van der Waals surface area (Å²) < 4.78 is 1.93. The van der Waals surface area contributed by atoms with Crippen molar-refractivity contribution in [3.63, 3.8) is 0 Å². The maximum Gasteiger partial charge on any atom is 0.0540 e. The van der Waals surface area contributed by atoms with Crippen molar-refractivity contribution < 1.29 is 0 Å². The van der Waals surface area contributed by atoms with Crippen LogP contribution in [0.3, 0.4) is 0 Å². The van der Waals surface area contributed by atoms with Gasteiger partial charge in [0, 0.05) is 44.0 Å². The number of hydrogen-bond acceptors (Lipinski definition) is 4. The second kappa shape index (κ2) is 5.38. The summed E-state index contributed by atoms with van der Waals surface area (Å²) in [5.41, 5.74) is 8.49. The van der Waals surface area contributed by atoms with Gasteiger partial charge in [-0.25, -0.2) is 0 Å². The fraction of sp³-hybridized carbons (Fsp3) is 0.769. The topological polar surface area (TPSA) is 50.3 Å². The smallest absolute Gasteiger partial charge is 0.0540 e. The molecule has 1 aromatic heterocycles. The summed E-state index contributed by atoms with van der Waals surface area (Å²) in [6.45, 7) is 5.00. The first-order valence-corrected chi connectivity index (χ1v) is 6.63. The minimum Gasteiger partial charge on any atom is -0.329 e. The summed E-state index contributed by atoms with van der Waals surface area (Å²) in [6, 6.07) is 0.958. The van der Waals surface area contributed by atoms with Crippen LogP contribution in [0.1, 0.15) is 23.7 Å². The highest BCUT2D eigenvalue weighted by atomic mass is 15.3. The second-order valence-electron chi connectivity index (χ2n) is 5.46. The molecule has 2 heterocycles. The maximum atomic E-state index is 5.99. The lowest BCUT2D eigenvalue weighted by molar-refractivity contribution is 0.220. The van der Waals surface area contributed by atoms with Crippen LogP contribution < -0.4 is 5.73 Å². The summed E-state index contributed by atoms with van der Waals surface area (Å²) >= 11 is 0. The third-order valence-electron chi connectivity index (χ3n) is 4.22. The van der Waals surface area contributed by atoms with E-state index in [4.69, 9.17) is 5.73 Å². The van der Waals surface area contributed by atoms with Gasteiger partial charge in [0.05, 0.1) is 12.2 Å². The van der Waals surface area contributed by atoms with Gasteiger partial charge in [-0.1, -0.05) is 0 Å². The Hall–Kier alpha value is -0.910. The van der Waals surface area contributed by atoms with Gasteiger partial charge in [-0.05, 0) is 27.4 Å². The Morgan fingerprint density at radius 2 is 2.28 bits per heavy atom. The third-order valence-corrected chi connectivity index (χ3v) is 4.22. The van der Waals surface area contributed by atoms with Crippen molar-refractivity contribution >= 4 is 0 Å². The SMILES string of the molecule is Cc1c(C(CN)N2CCC(N(C)C)C2)cnn1C. The maximum absolute atomic E-state index is 5.99. The zero-order chi connectivity index (χ0) is 13.3. The predicted octanol–water partition coefficient (Wildman–Crippen LogP) is 0.364. The molecule has 1 saturated heterocycles. The molecule has 2 rings (SSSR count). The van der Waals surface area contributed by atoms with E-state index in [0.29, 0.717) is 18.6 Å². The molecular formula is C13H25N5. The molecule has 0 radical (unpaired) electrons. The molecule has 1 fully saturated rings. The van der Waals surface area contributed by atoms with Crippen molar-refractivity contribution in [1.82, 2.24) is 19.6 Å². The highest BCUT2D eigenvalue weighted by Gasteiger charge is 2.30. The first-order chi connectivity index (χ1) is 8.54. The van der Waals surface area contributed by atoms with E-state index in [0.717, 1.165) is 13.1 Å². The lowest BCUT2D eigenvalue weighted by Crippen LogP contribution is -2.36. The summed E-state index contributed by atoms with van der Waals surface area (Å²) in [4.78, 5) is 4.80. The van der Waals surface area contributed by atoms with E-state index in [2.05, 4.69) is 35.9 Å². The molecule has 1 aliphatic heterocycles. The van der Waals surface area contributed by atoms with E-state index < -0.39 is 0 Å². The molecule has 0 spiro atoms. The van der Waals surface area contributed by atoms with Gasteiger partial charge < -0.3 is 10.6 Å². The van der Waals surface area contributed by atoms with Gasteiger partial charge in [0.25, 0.3) is 0 Å². The van der Waals surface area contributed by atoms with Crippen LogP contribution in [0.4, 0.5) is 0 Å². The van der Waals surface area contributed by atoms with Crippen molar-refractivity contribution in [3.8, 4) is 0 Å². The molecule has 0 saturated carbocycles. The van der Waals surface area contributed by atoms with E-state index >= 15 is 0 Å². The Morgan fingerprint density at radius 3 is 2.72 bits per heavy atom. The third kappa shape index (κ3) is 2.43. The Balaban J connectivity index is 2.13. The van der Waals surface area contributed by atoms with Gasteiger partial charge in [0.2, 0.25) is 0 Å². The van der Waals surface area contributed by atoms with Gasteiger partial charge in [-0.15, -0.1) is 0 Å². The standard InChI is InChI=1S/C13H25N5/c1-10-12(8-15-17(10)4)13(7-14)18-6-5-11(9-18)16(2)3/h8,11,13H,5-7,9,14H2,1-4H3. The number of rotatable bonds is 4. The average Bonchev–Trinajstić information content (AvgIpc) is 2.92. The van der Waals surface area contributed by atoms with Crippen molar-refractivity contribution in [3.05, 3.63) is 17.5 Å². The number of nitrogens with zero attached hydrogens (tertiary/aromatic N) is 4. The molecule has 18 heavy (non-hydrogen) atoms. The molecule has 0 aliphatic carbocycles. The van der Waals surface area contributed by atoms with E-state index in [1.807, 2.05) is 17.9 Å². The number of aromatic nitrogens is 2. The molecule has 0 aromatic carbocycles. The van der Waals surface area contributed by atoms with Gasteiger partial charge in [0.15, 0.2) is 0 Å². The van der Waals surface area contributed by atoms with Crippen LogP contribution in [0.25, 0.3) is 0 Å². The van der Waals surface area contributed by atoms with E-state index in [1.54, 1.807) is 0 Å². The monoisotopic (exact) mass is 251 g/mol.